The summed E-state index contributed by atoms with van der Waals surface area (Å²) in [4.78, 5) is 12.2. The number of nitrogens with one attached hydrogen (secondary N) is 1. The number of benzene rings is 1. The Morgan fingerprint density at radius 2 is 2.00 bits per heavy atom. The van der Waals surface area contributed by atoms with Crippen molar-refractivity contribution in [1.82, 2.24) is 5.32 Å². The molecule has 14 heavy (non-hydrogen) atoms. The zero-order valence-electron chi connectivity index (χ0n) is 8.08. The Kier molecular flexibility index (Phi) is 4.10. The molecule has 0 spiro atoms. The second kappa shape index (κ2) is 5.12. The quantitative estimate of drug-likeness (QED) is 0.779. The van der Waals surface area contributed by atoms with E-state index in [-0.39, 0.29) is 17.0 Å². The molecule has 0 aliphatic rings. The van der Waals surface area contributed by atoms with Crippen molar-refractivity contribution in [3.05, 3.63) is 30.1 Å². The minimum Gasteiger partial charge on any atom is -0.310 e. The number of likely N-dealkylation sites (N-methyl/N-ethyl adjacent to an activating group) is 1. The van der Waals surface area contributed by atoms with Crippen molar-refractivity contribution < 1.29 is 9.18 Å². The van der Waals surface area contributed by atoms with Gasteiger partial charge in [-0.05, 0) is 38.2 Å². The minimum absolute atomic E-state index is 0.0270. The van der Waals surface area contributed by atoms with Gasteiger partial charge in [0.15, 0.2) is 0 Å². The number of halogens is 1. The van der Waals surface area contributed by atoms with Gasteiger partial charge >= 0.3 is 0 Å². The van der Waals surface area contributed by atoms with Gasteiger partial charge in [-0.3, -0.25) is 4.79 Å². The van der Waals surface area contributed by atoms with Gasteiger partial charge in [0.2, 0.25) is 5.12 Å². The van der Waals surface area contributed by atoms with Crippen LogP contribution < -0.4 is 5.32 Å². The van der Waals surface area contributed by atoms with E-state index in [9.17, 15) is 9.18 Å². The molecule has 1 atom stereocenters. The van der Waals surface area contributed by atoms with Gasteiger partial charge in [0.1, 0.15) is 5.82 Å². The van der Waals surface area contributed by atoms with Gasteiger partial charge in [-0.1, -0.05) is 11.8 Å². The molecule has 1 unspecified atom stereocenters. The molecule has 0 saturated carbocycles. The molecule has 0 fully saturated rings. The average molecular weight is 213 g/mol. The van der Waals surface area contributed by atoms with Crippen molar-refractivity contribution in [3.8, 4) is 0 Å². The molecule has 0 aliphatic heterocycles. The van der Waals surface area contributed by atoms with Crippen LogP contribution in [0.3, 0.4) is 0 Å². The van der Waals surface area contributed by atoms with E-state index < -0.39 is 0 Å². The van der Waals surface area contributed by atoms with E-state index >= 15 is 0 Å². The van der Waals surface area contributed by atoms with Gasteiger partial charge in [0.05, 0.1) is 6.04 Å². The lowest BCUT2D eigenvalue weighted by Gasteiger charge is -2.07. The third-order valence-corrected chi connectivity index (χ3v) is 2.88. The summed E-state index contributed by atoms with van der Waals surface area (Å²) in [6, 6.07) is 5.70. The first-order valence-corrected chi connectivity index (χ1v) is 5.09. The normalized spacial score (nSPS) is 12.5. The number of hydrogen-bond donors (Lipinski definition) is 1. The Morgan fingerprint density at radius 3 is 2.50 bits per heavy atom. The van der Waals surface area contributed by atoms with Crippen LogP contribution in [0.1, 0.15) is 6.92 Å². The highest BCUT2D eigenvalue weighted by Gasteiger charge is 2.11. The van der Waals surface area contributed by atoms with Gasteiger partial charge in [-0.2, -0.15) is 0 Å². The van der Waals surface area contributed by atoms with E-state index in [4.69, 9.17) is 0 Å². The fourth-order valence-corrected chi connectivity index (χ4v) is 1.62. The molecule has 0 radical (unpaired) electrons. The third-order valence-electron chi connectivity index (χ3n) is 1.82. The molecule has 2 nitrogen and oxygen atoms in total. The van der Waals surface area contributed by atoms with Crippen LogP contribution in [0, 0.1) is 5.82 Å². The standard InChI is InChI=1S/C10H12FNOS/c1-7(12-2)10(13)14-9-5-3-8(11)4-6-9/h3-7,12H,1-2H3. The summed E-state index contributed by atoms with van der Waals surface area (Å²) in [7, 11) is 1.73. The SMILES string of the molecule is CNC(C)C(=O)Sc1ccc(F)cc1. The predicted molar refractivity (Wildman–Crippen MR) is 55.8 cm³/mol. The highest BCUT2D eigenvalue weighted by molar-refractivity contribution is 8.13. The number of rotatable bonds is 3. The second-order valence-corrected chi connectivity index (χ2v) is 3.96. The molecule has 0 aromatic heterocycles. The Labute approximate surface area is 86.9 Å². The summed E-state index contributed by atoms with van der Waals surface area (Å²) < 4.78 is 12.5. The summed E-state index contributed by atoms with van der Waals surface area (Å²) in [5, 5.41) is 2.88. The Morgan fingerprint density at radius 1 is 1.43 bits per heavy atom. The topological polar surface area (TPSA) is 29.1 Å². The molecule has 1 aromatic rings. The molecule has 0 amide bonds. The monoisotopic (exact) mass is 213 g/mol. The van der Waals surface area contributed by atoms with Gasteiger partial charge in [0, 0.05) is 4.90 Å². The fraction of sp³-hybridized carbons (Fsp3) is 0.300. The maximum atomic E-state index is 12.5. The highest BCUT2D eigenvalue weighted by Crippen LogP contribution is 2.20. The van der Waals surface area contributed by atoms with E-state index in [2.05, 4.69) is 5.32 Å². The summed E-state index contributed by atoms with van der Waals surface area (Å²) in [6.07, 6.45) is 0. The minimum atomic E-state index is -0.288. The van der Waals surface area contributed by atoms with Gasteiger partial charge in [0.25, 0.3) is 0 Å². The molecule has 76 valence electrons. The van der Waals surface area contributed by atoms with Crippen LogP contribution in [0.15, 0.2) is 29.2 Å². The third kappa shape index (κ3) is 3.12. The lowest BCUT2D eigenvalue weighted by atomic mass is 10.3. The van der Waals surface area contributed by atoms with Crippen LogP contribution in [0.5, 0.6) is 0 Å². The predicted octanol–water partition coefficient (Wildman–Crippen LogP) is 2.05. The number of hydrogen-bond acceptors (Lipinski definition) is 3. The van der Waals surface area contributed by atoms with Crippen molar-refractivity contribution in [2.24, 2.45) is 0 Å². The summed E-state index contributed by atoms with van der Waals surface area (Å²) in [5.41, 5.74) is 0. The Balaban J connectivity index is 2.60. The van der Waals surface area contributed by atoms with Crippen LogP contribution in [0.4, 0.5) is 4.39 Å². The Bertz CT molecular complexity index is 312. The largest absolute Gasteiger partial charge is 0.310 e. The van der Waals surface area contributed by atoms with Crippen LogP contribution in [0.2, 0.25) is 0 Å². The van der Waals surface area contributed by atoms with Crippen LogP contribution in [-0.4, -0.2) is 18.2 Å². The average Bonchev–Trinajstić information content (AvgIpc) is 2.20. The number of carbonyl (C=O) groups excluding carboxylic acids is 1. The van der Waals surface area contributed by atoms with E-state index in [1.807, 2.05) is 0 Å². The molecule has 4 heteroatoms. The summed E-state index contributed by atoms with van der Waals surface area (Å²) in [6.45, 7) is 1.79. The van der Waals surface area contributed by atoms with Crippen LogP contribution in [0.25, 0.3) is 0 Å². The van der Waals surface area contributed by atoms with E-state index in [0.29, 0.717) is 0 Å². The van der Waals surface area contributed by atoms with Gasteiger partial charge < -0.3 is 5.32 Å². The highest BCUT2D eigenvalue weighted by atomic mass is 32.2. The van der Waals surface area contributed by atoms with E-state index in [1.165, 1.54) is 12.1 Å². The van der Waals surface area contributed by atoms with Crippen molar-refractivity contribution in [1.29, 1.82) is 0 Å². The zero-order chi connectivity index (χ0) is 10.6. The van der Waals surface area contributed by atoms with Crippen molar-refractivity contribution in [2.75, 3.05) is 7.05 Å². The first kappa shape index (κ1) is 11.2. The lowest BCUT2D eigenvalue weighted by Crippen LogP contribution is -2.28. The maximum Gasteiger partial charge on any atom is 0.210 e. The summed E-state index contributed by atoms with van der Waals surface area (Å²) in [5.74, 6) is -0.288. The smallest absolute Gasteiger partial charge is 0.210 e. The fourth-order valence-electron chi connectivity index (χ4n) is 0.825. The van der Waals surface area contributed by atoms with Crippen LogP contribution in [-0.2, 0) is 4.79 Å². The number of thioether (sulfide) groups is 1. The van der Waals surface area contributed by atoms with E-state index in [0.717, 1.165) is 16.7 Å². The second-order valence-electron chi connectivity index (χ2n) is 2.89. The zero-order valence-corrected chi connectivity index (χ0v) is 8.90. The first-order valence-electron chi connectivity index (χ1n) is 4.28. The van der Waals surface area contributed by atoms with Crippen LogP contribution >= 0.6 is 11.8 Å². The van der Waals surface area contributed by atoms with Crippen molar-refractivity contribution >= 4 is 16.9 Å². The molecule has 0 saturated heterocycles. The maximum absolute atomic E-state index is 12.5. The Hall–Kier alpha value is -0.870. The first-order chi connectivity index (χ1) is 6.63. The molecular weight excluding hydrogens is 201 g/mol. The number of carbonyl (C=O) groups is 1. The van der Waals surface area contributed by atoms with Gasteiger partial charge in [-0.15, -0.1) is 0 Å². The molecule has 0 heterocycles. The summed E-state index contributed by atoms with van der Waals surface area (Å²) >= 11 is 1.12. The molecule has 1 aromatic carbocycles. The van der Waals surface area contributed by atoms with Crippen molar-refractivity contribution in [3.63, 3.8) is 0 Å². The van der Waals surface area contributed by atoms with Gasteiger partial charge in [-0.25, -0.2) is 4.39 Å². The molecular formula is C10H12FNOS. The molecule has 1 rings (SSSR count). The van der Waals surface area contributed by atoms with E-state index in [1.54, 1.807) is 26.1 Å². The molecule has 0 aliphatic carbocycles. The molecule has 0 bridgehead atoms. The lowest BCUT2D eigenvalue weighted by molar-refractivity contribution is -0.112. The molecule has 1 N–H and O–H groups in total. The van der Waals surface area contributed by atoms with Crippen molar-refractivity contribution in [2.45, 2.75) is 17.9 Å².